The quantitative estimate of drug-likeness (QED) is 0.177. The minimum absolute atomic E-state index is 0.615. The van der Waals surface area contributed by atoms with Crippen molar-refractivity contribution < 1.29 is 9.15 Å². The van der Waals surface area contributed by atoms with Crippen LogP contribution in [0.15, 0.2) is 210 Å². The van der Waals surface area contributed by atoms with E-state index in [1.165, 1.54) is 44.2 Å². The highest BCUT2D eigenvalue weighted by Crippen LogP contribution is 2.63. The van der Waals surface area contributed by atoms with Gasteiger partial charge in [-0.15, -0.1) is 0 Å². The Morgan fingerprint density at radius 1 is 0.484 bits per heavy atom. The lowest BCUT2D eigenvalue weighted by Gasteiger charge is -2.47. The number of benzene rings is 8. The summed E-state index contributed by atoms with van der Waals surface area (Å²) >= 11 is 0. The van der Waals surface area contributed by atoms with E-state index in [1.54, 1.807) is 0 Å². The summed E-state index contributed by atoms with van der Waals surface area (Å²) in [7, 11) is 0. The average Bonchev–Trinajstić information content (AvgIpc) is 3.92. The maximum absolute atomic E-state index is 7.20. The van der Waals surface area contributed by atoms with Gasteiger partial charge in [-0.25, -0.2) is 9.97 Å². The van der Waals surface area contributed by atoms with E-state index in [4.69, 9.17) is 19.1 Å². The molecule has 0 fully saturated rings. The Bertz CT molecular complexity index is 3760. The molecule has 3 aliphatic rings. The number of hydrogen-bond acceptors (Lipinski definition) is 4. The van der Waals surface area contributed by atoms with E-state index in [2.05, 4.69) is 168 Å². The summed E-state index contributed by atoms with van der Waals surface area (Å²) in [5.74, 6) is 2.42. The molecule has 1 spiro atoms. The number of aromatic nitrogens is 3. The fourth-order valence-corrected chi connectivity index (χ4v) is 11.1. The molecule has 0 bridgehead atoms. The van der Waals surface area contributed by atoms with Crippen LogP contribution < -0.4 is 4.74 Å². The van der Waals surface area contributed by atoms with Gasteiger partial charge in [0.25, 0.3) is 0 Å². The van der Waals surface area contributed by atoms with Crippen LogP contribution in [0.3, 0.4) is 0 Å². The Balaban J connectivity index is 1.01. The van der Waals surface area contributed by atoms with Crippen molar-refractivity contribution in [2.24, 2.45) is 0 Å². The second-order valence-electron chi connectivity index (χ2n) is 17.1. The molecule has 300 valence electrons. The lowest BCUT2D eigenvalue weighted by atomic mass is 9.59. The zero-order valence-electron chi connectivity index (χ0n) is 34.6. The third-order valence-corrected chi connectivity index (χ3v) is 13.7. The molecule has 5 heteroatoms. The summed E-state index contributed by atoms with van der Waals surface area (Å²) in [6.45, 7) is 0. The Labute approximate surface area is 368 Å². The van der Waals surface area contributed by atoms with Gasteiger partial charge in [-0.3, -0.25) is 0 Å². The van der Waals surface area contributed by atoms with Gasteiger partial charge in [-0.2, -0.15) is 0 Å². The highest BCUT2D eigenvalue weighted by Gasteiger charge is 2.52. The number of fused-ring (bicyclic) bond motifs is 14. The summed E-state index contributed by atoms with van der Waals surface area (Å²) in [5, 5.41) is 4.56. The molecule has 1 unspecified atom stereocenters. The summed E-state index contributed by atoms with van der Waals surface area (Å²) < 4.78 is 16.4. The number of nitrogens with zero attached hydrogens (tertiary/aromatic N) is 3. The van der Waals surface area contributed by atoms with Crippen LogP contribution in [0.2, 0.25) is 0 Å². The molecule has 1 atom stereocenters. The molecule has 0 radical (unpaired) electrons. The summed E-state index contributed by atoms with van der Waals surface area (Å²) in [4.78, 5) is 10.3. The van der Waals surface area contributed by atoms with Crippen molar-refractivity contribution in [2.45, 2.75) is 18.3 Å². The smallest absolute Gasteiger partial charge is 0.160 e. The lowest BCUT2D eigenvalue weighted by Crippen LogP contribution is -2.39. The van der Waals surface area contributed by atoms with Crippen LogP contribution in [0, 0.1) is 0 Å². The molecule has 5 nitrogen and oxygen atoms in total. The maximum atomic E-state index is 7.20. The first kappa shape index (κ1) is 35.3. The number of furan rings is 1. The molecule has 5 heterocycles. The molecular weight excluding hydrogens is 783 g/mol. The zero-order chi connectivity index (χ0) is 41.9. The van der Waals surface area contributed by atoms with Crippen molar-refractivity contribution in [1.29, 1.82) is 0 Å². The lowest BCUT2D eigenvalue weighted by molar-refractivity contribution is 0.435. The molecule has 64 heavy (non-hydrogen) atoms. The van der Waals surface area contributed by atoms with E-state index in [0.29, 0.717) is 5.82 Å². The van der Waals surface area contributed by atoms with Gasteiger partial charge in [0.2, 0.25) is 0 Å². The molecule has 1 aliphatic carbocycles. The second-order valence-corrected chi connectivity index (χ2v) is 17.1. The molecule has 0 saturated heterocycles. The highest BCUT2D eigenvalue weighted by atomic mass is 16.5. The van der Waals surface area contributed by atoms with E-state index in [9.17, 15) is 0 Å². The van der Waals surface area contributed by atoms with Gasteiger partial charge in [-0.1, -0.05) is 164 Å². The molecule has 0 amide bonds. The highest BCUT2D eigenvalue weighted by molar-refractivity contribution is 6.15. The number of para-hydroxylation sites is 4. The van der Waals surface area contributed by atoms with Crippen molar-refractivity contribution in [3.05, 3.63) is 222 Å². The number of allylic oxidation sites excluding steroid dienone is 4. The first-order valence-corrected chi connectivity index (χ1v) is 22.0. The fourth-order valence-electron chi connectivity index (χ4n) is 11.1. The molecule has 14 rings (SSSR count). The minimum atomic E-state index is -0.615. The largest absolute Gasteiger partial charge is 0.456 e. The van der Waals surface area contributed by atoms with E-state index in [0.717, 1.165) is 91.0 Å². The SMILES string of the molecule is C1=C2C(=CCC1)C1(c3ccccc3Oc3c(-c4ccc5oc6cccc(-c7cc(-c8ccccc8)nc(-c8ccccc8)n7)c6c5c4)cccc31)c1cccc3c4ccccc4n2c13. The van der Waals surface area contributed by atoms with Gasteiger partial charge in [0.1, 0.15) is 22.7 Å². The van der Waals surface area contributed by atoms with Crippen LogP contribution in [0.25, 0.3) is 94.5 Å². The summed E-state index contributed by atoms with van der Waals surface area (Å²) in [6.07, 6.45) is 6.92. The minimum Gasteiger partial charge on any atom is -0.456 e. The number of rotatable bonds is 4. The van der Waals surface area contributed by atoms with Crippen LogP contribution in [0.4, 0.5) is 0 Å². The van der Waals surface area contributed by atoms with Crippen molar-refractivity contribution in [3.8, 4) is 56.5 Å². The van der Waals surface area contributed by atoms with Gasteiger partial charge < -0.3 is 13.7 Å². The van der Waals surface area contributed by atoms with Gasteiger partial charge in [0, 0.05) is 60.6 Å². The van der Waals surface area contributed by atoms with Gasteiger partial charge >= 0.3 is 0 Å². The van der Waals surface area contributed by atoms with Crippen molar-refractivity contribution >= 4 is 49.4 Å². The van der Waals surface area contributed by atoms with Crippen LogP contribution >= 0.6 is 0 Å². The van der Waals surface area contributed by atoms with E-state index < -0.39 is 5.41 Å². The molecule has 3 aromatic heterocycles. The number of hydrogen-bond donors (Lipinski definition) is 0. The first-order valence-electron chi connectivity index (χ1n) is 22.0. The van der Waals surface area contributed by atoms with E-state index in [1.807, 2.05) is 36.4 Å². The standard InChI is InChI=1S/C59H37N3O2/c1-3-16-36(17-4-1)48-35-49(61-58(60-48)37-18-5-2-6-19-37)42-23-15-31-54-55(42)43-34-38(32-33-52(43)63-54)39-21-13-27-47-57(39)64-53-30-12-9-25-45(53)59(47)44-24-8-11-29-51(44)62-50-28-10-7-20-40(50)41-22-14-26-46(59)56(41)62/h1-7,9-10,12-35H,8,11H2. The maximum Gasteiger partial charge on any atom is 0.160 e. The fraction of sp³-hybridized carbons (Fsp3) is 0.0508. The predicted octanol–water partition coefficient (Wildman–Crippen LogP) is 15.2. The van der Waals surface area contributed by atoms with Crippen LogP contribution in [0.5, 0.6) is 11.5 Å². The Hall–Kier alpha value is -8.28. The first-order chi connectivity index (χ1) is 31.7. The summed E-state index contributed by atoms with van der Waals surface area (Å²) in [6, 6.07) is 66.6. The topological polar surface area (TPSA) is 53.1 Å². The molecule has 11 aromatic rings. The molecule has 8 aromatic carbocycles. The third-order valence-electron chi connectivity index (χ3n) is 13.7. The van der Waals surface area contributed by atoms with Crippen LogP contribution in [0.1, 0.15) is 29.5 Å². The normalized spacial score (nSPS) is 16.1. The monoisotopic (exact) mass is 819 g/mol. The van der Waals surface area contributed by atoms with Gasteiger partial charge in [0.05, 0.1) is 27.8 Å². The molecule has 0 saturated carbocycles. The molecule has 2 aliphatic heterocycles. The Morgan fingerprint density at radius 3 is 2.09 bits per heavy atom. The number of ether oxygens (including phenoxy) is 1. The summed E-state index contributed by atoms with van der Waals surface area (Å²) in [5.41, 5.74) is 16.4. The van der Waals surface area contributed by atoms with Crippen LogP contribution in [-0.2, 0) is 5.41 Å². The van der Waals surface area contributed by atoms with E-state index in [-0.39, 0.29) is 0 Å². The van der Waals surface area contributed by atoms with Crippen molar-refractivity contribution in [3.63, 3.8) is 0 Å². The van der Waals surface area contributed by atoms with E-state index >= 15 is 0 Å². The van der Waals surface area contributed by atoms with Crippen molar-refractivity contribution in [2.75, 3.05) is 0 Å². The Kier molecular flexibility index (Phi) is 7.37. The van der Waals surface area contributed by atoms with Gasteiger partial charge in [0.15, 0.2) is 5.82 Å². The zero-order valence-corrected chi connectivity index (χ0v) is 34.6. The molecular formula is C59H37N3O2. The average molecular weight is 820 g/mol. The van der Waals surface area contributed by atoms with Crippen molar-refractivity contribution in [1.82, 2.24) is 14.5 Å². The molecule has 0 N–H and O–H groups in total. The second kappa shape index (κ2) is 13.4. The Morgan fingerprint density at radius 2 is 1.19 bits per heavy atom. The van der Waals surface area contributed by atoms with Gasteiger partial charge in [-0.05, 0) is 65.9 Å². The third kappa shape index (κ3) is 4.84. The van der Waals surface area contributed by atoms with Crippen LogP contribution in [-0.4, -0.2) is 14.5 Å². The predicted molar refractivity (Wildman–Crippen MR) is 258 cm³/mol.